The van der Waals surface area contributed by atoms with E-state index in [-0.39, 0.29) is 0 Å². The summed E-state index contributed by atoms with van der Waals surface area (Å²) in [4.78, 5) is 0. The molecule has 0 spiro atoms. The lowest BCUT2D eigenvalue weighted by Gasteiger charge is -2.17. The van der Waals surface area contributed by atoms with Crippen molar-refractivity contribution in [3.63, 3.8) is 0 Å². The van der Waals surface area contributed by atoms with E-state index >= 15 is 0 Å². The first-order valence-electron chi connectivity index (χ1n) is 17.7. The van der Waals surface area contributed by atoms with Crippen LogP contribution >= 0.6 is 0 Å². The van der Waals surface area contributed by atoms with Crippen LogP contribution in [0.3, 0.4) is 0 Å². The average molecular weight is 605 g/mol. The SMILES string of the molecule is c1ccc2c(c1)CCc1c-2[o+]c2ccccc2c1CCCCCCCCCCc1c2c([o+]c3ccccc13)-c1ccccc1CC2. The van der Waals surface area contributed by atoms with Crippen LogP contribution in [0.5, 0.6) is 0 Å². The molecule has 2 aromatic heterocycles. The fourth-order valence-corrected chi connectivity index (χ4v) is 8.19. The van der Waals surface area contributed by atoms with Crippen LogP contribution in [0, 0.1) is 0 Å². The van der Waals surface area contributed by atoms with Gasteiger partial charge in [-0.3, -0.25) is 0 Å². The first kappa shape index (κ1) is 29.1. The molecule has 6 aromatic rings. The van der Waals surface area contributed by atoms with Crippen molar-refractivity contribution in [3.05, 3.63) is 130 Å². The van der Waals surface area contributed by atoms with Crippen molar-refractivity contribution >= 4 is 21.9 Å². The van der Waals surface area contributed by atoms with E-state index in [4.69, 9.17) is 8.83 Å². The summed E-state index contributed by atoms with van der Waals surface area (Å²) in [5, 5.41) is 2.62. The molecule has 0 bridgehead atoms. The number of hydrogen-bond acceptors (Lipinski definition) is 0. The lowest BCUT2D eigenvalue weighted by Crippen LogP contribution is -2.08. The van der Waals surface area contributed by atoms with E-state index in [2.05, 4.69) is 97.1 Å². The van der Waals surface area contributed by atoms with Gasteiger partial charge in [0, 0.05) is 12.1 Å². The largest absolute Gasteiger partial charge is 0.364 e. The molecule has 0 saturated heterocycles. The third kappa shape index (κ3) is 5.64. The van der Waals surface area contributed by atoms with E-state index in [1.807, 2.05) is 0 Å². The van der Waals surface area contributed by atoms with Crippen molar-refractivity contribution in [2.75, 3.05) is 0 Å². The van der Waals surface area contributed by atoms with Gasteiger partial charge in [0.15, 0.2) is 0 Å². The Morgan fingerprint density at radius 2 is 0.783 bits per heavy atom. The molecule has 0 aliphatic heterocycles. The highest BCUT2D eigenvalue weighted by atomic mass is 16.3. The minimum Gasteiger partial charge on any atom is -0.207 e. The van der Waals surface area contributed by atoms with E-state index < -0.39 is 0 Å². The van der Waals surface area contributed by atoms with Gasteiger partial charge in [0.1, 0.15) is 0 Å². The second-order valence-electron chi connectivity index (χ2n) is 13.4. The summed E-state index contributed by atoms with van der Waals surface area (Å²) in [6.45, 7) is 0. The van der Waals surface area contributed by atoms with Crippen LogP contribution in [-0.2, 0) is 38.5 Å². The number of para-hydroxylation sites is 2. The van der Waals surface area contributed by atoms with E-state index in [0.29, 0.717) is 0 Å². The predicted molar refractivity (Wildman–Crippen MR) is 191 cm³/mol. The Morgan fingerprint density at radius 1 is 0.391 bits per heavy atom. The Hall–Kier alpha value is -4.30. The summed E-state index contributed by atoms with van der Waals surface area (Å²) in [6.07, 6.45) is 17.1. The normalized spacial score (nSPS) is 13.3. The molecular formula is C44H44O2+2. The molecule has 0 saturated carbocycles. The molecule has 2 aliphatic rings. The average Bonchev–Trinajstić information content (AvgIpc) is 3.11. The molecule has 2 nitrogen and oxygen atoms in total. The Bertz CT molecular complexity index is 1870. The van der Waals surface area contributed by atoms with Gasteiger partial charge in [-0.15, -0.1) is 0 Å². The minimum absolute atomic E-state index is 1.02. The van der Waals surface area contributed by atoms with Gasteiger partial charge in [-0.05, 0) is 97.9 Å². The molecule has 230 valence electrons. The van der Waals surface area contributed by atoms with Gasteiger partial charge >= 0.3 is 22.7 Å². The fraction of sp³-hybridized carbons (Fsp3) is 0.318. The van der Waals surface area contributed by atoms with Crippen LogP contribution in [-0.4, -0.2) is 0 Å². The molecule has 4 aromatic carbocycles. The summed E-state index contributed by atoms with van der Waals surface area (Å²) in [6, 6.07) is 34.9. The number of benzene rings is 4. The lowest BCUT2D eigenvalue weighted by atomic mass is 9.85. The maximum absolute atomic E-state index is 6.53. The van der Waals surface area contributed by atoms with Crippen molar-refractivity contribution in [3.8, 4) is 22.6 Å². The first-order chi connectivity index (χ1) is 22.8. The molecule has 0 N–H and O–H groups in total. The van der Waals surface area contributed by atoms with E-state index in [0.717, 1.165) is 61.2 Å². The maximum Gasteiger partial charge on any atom is 0.364 e. The fourth-order valence-electron chi connectivity index (χ4n) is 8.19. The third-order valence-electron chi connectivity index (χ3n) is 10.5. The number of aryl methyl sites for hydroxylation is 4. The Morgan fingerprint density at radius 3 is 1.26 bits per heavy atom. The Kier molecular flexibility index (Phi) is 8.36. The van der Waals surface area contributed by atoms with E-state index in [1.165, 1.54) is 107 Å². The second-order valence-corrected chi connectivity index (χ2v) is 13.4. The number of hydrogen-bond donors (Lipinski definition) is 0. The molecule has 46 heavy (non-hydrogen) atoms. The van der Waals surface area contributed by atoms with Gasteiger partial charge in [-0.2, -0.15) is 0 Å². The molecular weight excluding hydrogens is 560 g/mol. The third-order valence-corrected chi connectivity index (χ3v) is 10.5. The summed E-state index contributed by atoms with van der Waals surface area (Å²) in [5.41, 5.74) is 13.4. The van der Waals surface area contributed by atoms with Crippen LogP contribution in [0.2, 0.25) is 0 Å². The smallest absolute Gasteiger partial charge is 0.207 e. The standard InChI is InChI=1S/C44H44O2/c1(3-5-7-21-35-37-23-13-15-25-41(37)45-43-33-19-11-9-17-31(33)27-29-39(35)43)2-4-6-8-22-36-38-24-14-16-26-42(38)46-44-34-20-12-10-18-32(34)28-30-40(36)44/h9-20,23-26H,1-8,21-22,27-30H2/q+2. The zero-order valence-electron chi connectivity index (χ0n) is 27.0. The minimum atomic E-state index is 1.02. The maximum atomic E-state index is 6.53. The zero-order chi connectivity index (χ0) is 30.7. The molecule has 0 radical (unpaired) electrons. The Labute approximate surface area is 273 Å². The highest BCUT2D eigenvalue weighted by Crippen LogP contribution is 2.41. The second kappa shape index (κ2) is 13.2. The van der Waals surface area contributed by atoms with E-state index in [9.17, 15) is 0 Å². The zero-order valence-corrected chi connectivity index (χ0v) is 27.0. The number of rotatable bonds is 11. The van der Waals surface area contributed by atoms with Crippen molar-refractivity contribution in [2.24, 2.45) is 0 Å². The molecule has 2 aliphatic carbocycles. The number of unbranched alkanes of at least 4 members (excludes halogenated alkanes) is 7. The van der Waals surface area contributed by atoms with Crippen LogP contribution in [0.25, 0.3) is 44.6 Å². The van der Waals surface area contributed by atoms with Crippen LogP contribution < -0.4 is 0 Å². The van der Waals surface area contributed by atoms with Gasteiger partial charge in [-0.25, -0.2) is 8.83 Å². The first-order valence-corrected chi connectivity index (χ1v) is 17.7. The van der Waals surface area contributed by atoms with Crippen molar-refractivity contribution < 1.29 is 8.83 Å². The van der Waals surface area contributed by atoms with Gasteiger partial charge in [0.25, 0.3) is 0 Å². The molecule has 2 heteroatoms. The summed E-state index contributed by atoms with van der Waals surface area (Å²) >= 11 is 0. The van der Waals surface area contributed by atoms with Crippen molar-refractivity contribution in [1.29, 1.82) is 0 Å². The lowest BCUT2D eigenvalue weighted by molar-refractivity contribution is 0.563. The predicted octanol–water partition coefficient (Wildman–Crippen LogP) is 12.2. The van der Waals surface area contributed by atoms with Crippen molar-refractivity contribution in [1.82, 2.24) is 0 Å². The van der Waals surface area contributed by atoms with Gasteiger partial charge in [-0.1, -0.05) is 99.2 Å². The molecule has 8 rings (SSSR count). The van der Waals surface area contributed by atoms with Gasteiger partial charge < -0.3 is 0 Å². The Balaban J connectivity index is 0.844. The highest BCUT2D eigenvalue weighted by Gasteiger charge is 2.32. The van der Waals surface area contributed by atoms with Crippen LogP contribution in [0.15, 0.2) is 106 Å². The van der Waals surface area contributed by atoms with Gasteiger partial charge in [0.05, 0.1) is 33.0 Å². The highest BCUT2D eigenvalue weighted by molar-refractivity contribution is 5.87. The molecule has 0 fully saturated rings. The molecule has 0 unspecified atom stereocenters. The molecule has 0 atom stereocenters. The van der Waals surface area contributed by atoms with Gasteiger partial charge in [0.2, 0.25) is 0 Å². The van der Waals surface area contributed by atoms with Crippen molar-refractivity contribution in [2.45, 2.75) is 89.9 Å². The topological polar surface area (TPSA) is 22.6 Å². The summed E-state index contributed by atoms with van der Waals surface area (Å²) < 4.78 is 13.1. The molecule has 0 amide bonds. The van der Waals surface area contributed by atoms with Crippen LogP contribution in [0.1, 0.15) is 84.7 Å². The summed E-state index contributed by atoms with van der Waals surface area (Å²) in [7, 11) is 0. The quantitative estimate of drug-likeness (QED) is 0.108. The summed E-state index contributed by atoms with van der Waals surface area (Å²) in [5.74, 6) is 2.22. The van der Waals surface area contributed by atoms with E-state index in [1.54, 1.807) is 0 Å². The molecule has 2 heterocycles. The number of fused-ring (bicyclic) bond motifs is 8. The van der Waals surface area contributed by atoms with Crippen LogP contribution in [0.4, 0.5) is 0 Å². The monoisotopic (exact) mass is 604 g/mol.